The molecule has 3 nitrogen and oxygen atoms in total. The minimum atomic E-state index is -4.47. The van der Waals surface area contributed by atoms with E-state index >= 15 is 0 Å². The van der Waals surface area contributed by atoms with E-state index in [9.17, 15) is 22.8 Å². The molecule has 0 aliphatic rings. The third-order valence-electron chi connectivity index (χ3n) is 3.55. The lowest BCUT2D eigenvalue weighted by Gasteiger charge is -2.16. The average Bonchev–Trinajstić information content (AvgIpc) is 2.58. The summed E-state index contributed by atoms with van der Waals surface area (Å²) in [5, 5.41) is 8.94. The summed E-state index contributed by atoms with van der Waals surface area (Å²) < 4.78 is 37.8. The Kier molecular flexibility index (Phi) is 6.72. The molecule has 26 heavy (non-hydrogen) atoms. The molecule has 0 saturated heterocycles. The molecule has 0 fully saturated rings. The van der Waals surface area contributed by atoms with E-state index in [2.05, 4.69) is 0 Å². The monoisotopic (exact) mass is 402 g/mol. The van der Waals surface area contributed by atoms with Crippen LogP contribution in [0.1, 0.15) is 33.2 Å². The number of hydrogen-bond donors (Lipinski definition) is 1. The molecule has 8 heteroatoms. The second-order valence-corrected chi connectivity index (χ2v) is 7.07. The fourth-order valence-electron chi connectivity index (χ4n) is 2.25. The largest absolute Gasteiger partial charge is 0.481 e. The van der Waals surface area contributed by atoms with Crippen LogP contribution in [0, 0.1) is 0 Å². The van der Waals surface area contributed by atoms with Gasteiger partial charge in [0.15, 0.2) is 5.78 Å². The number of aliphatic carboxylic acids is 1. The lowest BCUT2D eigenvalue weighted by molar-refractivity contribution is -0.137. The first-order chi connectivity index (χ1) is 12.2. The van der Waals surface area contributed by atoms with Crippen LogP contribution in [0.3, 0.4) is 0 Å². The van der Waals surface area contributed by atoms with Gasteiger partial charge in [0, 0.05) is 22.3 Å². The van der Waals surface area contributed by atoms with Crippen molar-refractivity contribution in [1.29, 1.82) is 0 Å². The van der Waals surface area contributed by atoms with E-state index < -0.39 is 23.0 Å². The van der Waals surface area contributed by atoms with E-state index in [1.165, 1.54) is 0 Å². The molecular weight excluding hydrogens is 389 g/mol. The van der Waals surface area contributed by atoms with Crippen LogP contribution in [0.25, 0.3) is 0 Å². The molecule has 2 aromatic rings. The van der Waals surface area contributed by atoms with E-state index in [1.54, 1.807) is 24.3 Å². The molecule has 0 spiro atoms. The Labute approximate surface area is 157 Å². The first-order valence-electron chi connectivity index (χ1n) is 7.46. The first kappa shape index (κ1) is 20.3. The number of rotatable bonds is 7. The zero-order chi connectivity index (χ0) is 19.3. The van der Waals surface area contributed by atoms with Crippen molar-refractivity contribution >= 4 is 35.1 Å². The van der Waals surface area contributed by atoms with Crippen molar-refractivity contribution in [3.05, 3.63) is 70.2 Å². The van der Waals surface area contributed by atoms with Gasteiger partial charge in [-0.25, -0.2) is 0 Å². The van der Waals surface area contributed by atoms with Crippen molar-refractivity contribution in [3.63, 3.8) is 0 Å². The second kappa shape index (κ2) is 8.60. The van der Waals surface area contributed by atoms with E-state index in [0.29, 0.717) is 5.02 Å². The fraction of sp³-hybridized carbons (Fsp3) is 0.222. The van der Waals surface area contributed by atoms with Crippen molar-refractivity contribution < 1.29 is 27.9 Å². The lowest BCUT2D eigenvalue weighted by atomic mass is 10.0. The maximum Gasteiger partial charge on any atom is 0.416 e. The number of hydrogen-bond acceptors (Lipinski definition) is 3. The molecule has 2 rings (SSSR count). The summed E-state index contributed by atoms with van der Waals surface area (Å²) in [5.41, 5.74) is 0.0392. The smallest absolute Gasteiger partial charge is 0.416 e. The Morgan fingerprint density at radius 1 is 1.04 bits per heavy atom. The molecule has 0 aliphatic carbocycles. The van der Waals surface area contributed by atoms with Gasteiger partial charge < -0.3 is 5.11 Å². The molecule has 0 heterocycles. The number of carboxylic acids is 1. The van der Waals surface area contributed by atoms with Gasteiger partial charge in [-0.2, -0.15) is 13.2 Å². The third kappa shape index (κ3) is 5.78. The summed E-state index contributed by atoms with van der Waals surface area (Å²) in [5.74, 6) is -1.58. The van der Waals surface area contributed by atoms with Gasteiger partial charge in [0.25, 0.3) is 0 Å². The van der Waals surface area contributed by atoms with Crippen LogP contribution < -0.4 is 0 Å². The Bertz CT molecular complexity index is 774. The van der Waals surface area contributed by atoms with Crippen LogP contribution in [-0.4, -0.2) is 22.6 Å². The van der Waals surface area contributed by atoms with Crippen molar-refractivity contribution in [2.45, 2.75) is 17.8 Å². The van der Waals surface area contributed by atoms with Crippen molar-refractivity contribution in [2.75, 3.05) is 5.75 Å². The van der Waals surface area contributed by atoms with Crippen molar-refractivity contribution in [2.24, 2.45) is 0 Å². The zero-order valence-corrected chi connectivity index (χ0v) is 14.9. The second-order valence-electron chi connectivity index (χ2n) is 5.45. The number of ketones is 1. The van der Waals surface area contributed by atoms with Gasteiger partial charge >= 0.3 is 12.1 Å². The highest BCUT2D eigenvalue weighted by atomic mass is 35.5. The minimum Gasteiger partial charge on any atom is -0.481 e. The maximum absolute atomic E-state index is 12.6. The number of carbonyl (C=O) groups excluding carboxylic acids is 1. The molecular formula is C18H14ClF3O3S. The standard InChI is InChI=1S/C18H14ClF3O3S/c19-14-7-3-12(4-8-14)16(26-10-17(24)25)9-15(23)11-1-5-13(6-2-11)18(20,21)22/h1-8,16H,9-10H2,(H,24,25). The molecule has 1 atom stereocenters. The predicted molar refractivity (Wildman–Crippen MR) is 94.7 cm³/mol. The highest BCUT2D eigenvalue weighted by molar-refractivity contribution is 8.00. The van der Waals surface area contributed by atoms with Crippen LogP contribution in [0.5, 0.6) is 0 Å². The summed E-state index contributed by atoms with van der Waals surface area (Å²) in [4.78, 5) is 23.3. The van der Waals surface area contributed by atoms with Gasteiger partial charge in [-0.3, -0.25) is 9.59 Å². The molecule has 1 unspecified atom stereocenters. The van der Waals surface area contributed by atoms with Gasteiger partial charge in [0.05, 0.1) is 11.3 Å². The van der Waals surface area contributed by atoms with E-state index in [-0.39, 0.29) is 23.5 Å². The van der Waals surface area contributed by atoms with Gasteiger partial charge in [0.2, 0.25) is 0 Å². The number of carbonyl (C=O) groups is 2. The average molecular weight is 403 g/mol. The molecule has 0 amide bonds. The summed E-state index contributed by atoms with van der Waals surface area (Å²) in [6.45, 7) is 0. The molecule has 0 aliphatic heterocycles. The number of alkyl halides is 3. The normalized spacial score (nSPS) is 12.6. The fourth-order valence-corrected chi connectivity index (χ4v) is 3.34. The van der Waals surface area contributed by atoms with Crippen LogP contribution in [0.2, 0.25) is 5.02 Å². The Balaban J connectivity index is 2.17. The molecule has 0 saturated carbocycles. The van der Waals surface area contributed by atoms with E-state index in [1.807, 2.05) is 0 Å². The number of Topliss-reactive ketones (excluding diaryl/α,β-unsaturated/α-hetero) is 1. The molecule has 0 aromatic heterocycles. The van der Waals surface area contributed by atoms with Crippen molar-refractivity contribution in [1.82, 2.24) is 0 Å². The number of thioether (sulfide) groups is 1. The quantitative estimate of drug-likeness (QED) is 0.622. The maximum atomic E-state index is 12.6. The van der Waals surface area contributed by atoms with Gasteiger partial charge in [-0.05, 0) is 29.8 Å². The number of halogens is 4. The molecule has 2 aromatic carbocycles. The highest BCUT2D eigenvalue weighted by Crippen LogP contribution is 2.34. The van der Waals surface area contributed by atoms with Crippen LogP contribution in [0.4, 0.5) is 13.2 Å². The lowest BCUT2D eigenvalue weighted by Crippen LogP contribution is -2.09. The topological polar surface area (TPSA) is 54.4 Å². The van der Waals surface area contributed by atoms with Crippen molar-refractivity contribution in [3.8, 4) is 0 Å². The molecule has 0 radical (unpaired) electrons. The number of benzene rings is 2. The Morgan fingerprint density at radius 2 is 1.62 bits per heavy atom. The zero-order valence-electron chi connectivity index (χ0n) is 13.3. The summed E-state index contributed by atoms with van der Waals surface area (Å²) in [7, 11) is 0. The van der Waals surface area contributed by atoms with E-state index in [4.69, 9.17) is 16.7 Å². The van der Waals surface area contributed by atoms with Gasteiger partial charge in [0.1, 0.15) is 0 Å². The third-order valence-corrected chi connectivity index (χ3v) is 5.06. The van der Waals surface area contributed by atoms with Gasteiger partial charge in [-0.15, -0.1) is 11.8 Å². The Hall–Kier alpha value is -1.99. The Morgan fingerprint density at radius 3 is 2.12 bits per heavy atom. The highest BCUT2D eigenvalue weighted by Gasteiger charge is 2.30. The van der Waals surface area contributed by atoms with Gasteiger partial charge in [-0.1, -0.05) is 35.9 Å². The summed E-state index contributed by atoms with van der Waals surface area (Å²) >= 11 is 6.91. The SMILES string of the molecule is O=C(O)CSC(CC(=O)c1ccc(C(F)(F)F)cc1)c1ccc(Cl)cc1. The van der Waals surface area contributed by atoms with E-state index in [0.717, 1.165) is 41.6 Å². The number of carboxylic acid groups (broad SMARTS) is 1. The minimum absolute atomic E-state index is 0.0368. The summed E-state index contributed by atoms with van der Waals surface area (Å²) in [6.07, 6.45) is -4.50. The molecule has 0 bridgehead atoms. The predicted octanol–water partition coefficient (Wildman–Crippen LogP) is 5.49. The molecule has 138 valence electrons. The summed E-state index contributed by atoms with van der Waals surface area (Å²) in [6, 6.07) is 10.6. The van der Waals surface area contributed by atoms with Crippen LogP contribution >= 0.6 is 23.4 Å². The van der Waals surface area contributed by atoms with Crippen LogP contribution in [-0.2, 0) is 11.0 Å². The van der Waals surface area contributed by atoms with Crippen LogP contribution in [0.15, 0.2) is 48.5 Å². The molecule has 1 N–H and O–H groups in total. The first-order valence-corrected chi connectivity index (χ1v) is 8.89.